The Bertz CT molecular complexity index is 537. The number of nitrogen functional groups attached to an aromatic ring is 1. The molecular weight excluding hydrogens is 256 g/mol. The van der Waals surface area contributed by atoms with Gasteiger partial charge in [0, 0.05) is 17.5 Å². The number of unbranched alkanes of at least 4 members (excludes halogenated alkanes) is 1. The number of nitrogens with two attached hydrogens (primary N) is 1. The number of rotatable bonds is 6. The van der Waals surface area contributed by atoms with Crippen LogP contribution in [0.3, 0.4) is 0 Å². The van der Waals surface area contributed by atoms with Gasteiger partial charge < -0.3 is 10.5 Å². The number of aryl methyl sites for hydroxylation is 1. The van der Waals surface area contributed by atoms with E-state index in [9.17, 15) is 0 Å². The second-order valence-corrected chi connectivity index (χ2v) is 5.58. The van der Waals surface area contributed by atoms with Crippen molar-refractivity contribution in [3.63, 3.8) is 0 Å². The minimum atomic E-state index is 0.710. The van der Waals surface area contributed by atoms with E-state index in [1.165, 1.54) is 5.56 Å². The average Bonchev–Trinajstić information content (AvgIpc) is 2.78. The summed E-state index contributed by atoms with van der Waals surface area (Å²) in [5.74, 6) is 0.785. The van der Waals surface area contributed by atoms with Gasteiger partial charge in [-0.1, -0.05) is 19.4 Å². The third-order valence-corrected chi connectivity index (χ3v) is 3.82. The van der Waals surface area contributed by atoms with E-state index in [2.05, 4.69) is 23.4 Å². The molecule has 2 N–H and O–H groups in total. The zero-order chi connectivity index (χ0) is 13.7. The van der Waals surface area contributed by atoms with Crippen molar-refractivity contribution in [1.29, 1.82) is 0 Å². The standard InChI is InChI=1S/C15H20N2OS/c1-3-4-7-18-14-6-5-12(8-13(14)16)9-15-17-11(2)10-19-15/h5-6,8,10H,3-4,7,9,16H2,1-2H3. The zero-order valence-corrected chi connectivity index (χ0v) is 12.3. The molecule has 2 rings (SSSR count). The Hall–Kier alpha value is -1.55. The third-order valence-electron chi connectivity index (χ3n) is 2.85. The lowest BCUT2D eigenvalue weighted by Gasteiger charge is -2.09. The molecule has 0 fully saturated rings. The predicted octanol–water partition coefficient (Wildman–Crippen LogP) is 3.80. The van der Waals surface area contributed by atoms with Gasteiger partial charge in [-0.05, 0) is 31.0 Å². The molecule has 0 aliphatic rings. The largest absolute Gasteiger partial charge is 0.491 e. The fourth-order valence-corrected chi connectivity index (χ4v) is 2.63. The summed E-state index contributed by atoms with van der Waals surface area (Å²) in [5, 5.41) is 3.19. The van der Waals surface area contributed by atoms with Crippen LogP contribution in [-0.2, 0) is 6.42 Å². The molecule has 0 saturated heterocycles. The van der Waals surface area contributed by atoms with Crippen molar-refractivity contribution in [2.45, 2.75) is 33.1 Å². The minimum absolute atomic E-state index is 0.710. The number of hydrogen-bond acceptors (Lipinski definition) is 4. The van der Waals surface area contributed by atoms with E-state index < -0.39 is 0 Å². The van der Waals surface area contributed by atoms with Gasteiger partial charge in [0.15, 0.2) is 0 Å². The van der Waals surface area contributed by atoms with Gasteiger partial charge in [-0.2, -0.15) is 0 Å². The lowest BCUT2D eigenvalue weighted by Crippen LogP contribution is -2.00. The normalized spacial score (nSPS) is 10.6. The molecule has 0 aliphatic heterocycles. The van der Waals surface area contributed by atoms with Gasteiger partial charge in [-0.3, -0.25) is 0 Å². The second kappa shape index (κ2) is 6.57. The highest BCUT2D eigenvalue weighted by atomic mass is 32.1. The summed E-state index contributed by atoms with van der Waals surface area (Å²) in [7, 11) is 0. The Balaban J connectivity index is 2.01. The minimum Gasteiger partial charge on any atom is -0.491 e. The number of nitrogens with zero attached hydrogens (tertiary/aromatic N) is 1. The summed E-state index contributed by atoms with van der Waals surface area (Å²) < 4.78 is 5.65. The van der Waals surface area contributed by atoms with Crippen molar-refractivity contribution in [3.8, 4) is 5.75 Å². The Morgan fingerprint density at radius 3 is 2.84 bits per heavy atom. The van der Waals surface area contributed by atoms with Crippen molar-refractivity contribution < 1.29 is 4.74 Å². The highest BCUT2D eigenvalue weighted by Crippen LogP contribution is 2.24. The lowest BCUT2D eigenvalue weighted by molar-refractivity contribution is 0.311. The van der Waals surface area contributed by atoms with Crippen molar-refractivity contribution >= 4 is 17.0 Å². The molecule has 0 saturated carbocycles. The fourth-order valence-electron chi connectivity index (χ4n) is 1.82. The van der Waals surface area contributed by atoms with E-state index in [1.807, 2.05) is 19.1 Å². The molecule has 0 radical (unpaired) electrons. The summed E-state index contributed by atoms with van der Waals surface area (Å²) >= 11 is 1.69. The van der Waals surface area contributed by atoms with Crippen LogP contribution in [0.25, 0.3) is 0 Å². The summed E-state index contributed by atoms with van der Waals surface area (Å²) in [6, 6.07) is 6.01. The van der Waals surface area contributed by atoms with Crippen LogP contribution in [0.1, 0.15) is 36.0 Å². The fraction of sp³-hybridized carbons (Fsp3) is 0.400. The number of aromatic nitrogens is 1. The molecule has 3 nitrogen and oxygen atoms in total. The molecule has 0 unspecified atom stereocenters. The monoisotopic (exact) mass is 276 g/mol. The van der Waals surface area contributed by atoms with Crippen molar-refractivity contribution in [2.75, 3.05) is 12.3 Å². The van der Waals surface area contributed by atoms with Crippen molar-refractivity contribution in [1.82, 2.24) is 4.98 Å². The highest BCUT2D eigenvalue weighted by Gasteiger charge is 2.05. The van der Waals surface area contributed by atoms with Gasteiger partial charge in [0.05, 0.1) is 17.3 Å². The second-order valence-electron chi connectivity index (χ2n) is 4.63. The Labute approximate surface area is 118 Å². The number of hydrogen-bond donors (Lipinski definition) is 1. The molecule has 2 aromatic rings. The van der Waals surface area contributed by atoms with Crippen LogP contribution in [0, 0.1) is 6.92 Å². The van der Waals surface area contributed by atoms with Crippen LogP contribution >= 0.6 is 11.3 Å². The molecule has 4 heteroatoms. The predicted molar refractivity (Wildman–Crippen MR) is 80.9 cm³/mol. The maximum absolute atomic E-state index is 6.02. The van der Waals surface area contributed by atoms with Crippen LogP contribution in [0.2, 0.25) is 0 Å². The molecule has 0 spiro atoms. The van der Waals surface area contributed by atoms with E-state index in [1.54, 1.807) is 11.3 Å². The van der Waals surface area contributed by atoms with Crippen LogP contribution in [-0.4, -0.2) is 11.6 Å². The van der Waals surface area contributed by atoms with Gasteiger partial charge in [0.25, 0.3) is 0 Å². The first kappa shape index (κ1) is 13.9. The lowest BCUT2D eigenvalue weighted by atomic mass is 10.1. The maximum atomic E-state index is 6.02. The molecule has 0 aliphatic carbocycles. The zero-order valence-electron chi connectivity index (χ0n) is 11.5. The smallest absolute Gasteiger partial charge is 0.142 e. The van der Waals surface area contributed by atoms with Crippen LogP contribution in [0.5, 0.6) is 5.75 Å². The van der Waals surface area contributed by atoms with E-state index in [0.717, 1.165) is 42.3 Å². The third kappa shape index (κ3) is 3.96. The summed E-state index contributed by atoms with van der Waals surface area (Å²) in [6.45, 7) is 4.89. The molecule has 0 atom stereocenters. The first-order valence-corrected chi connectivity index (χ1v) is 7.49. The topological polar surface area (TPSA) is 48.1 Å². The van der Waals surface area contributed by atoms with Crippen LogP contribution in [0.4, 0.5) is 5.69 Å². The molecular formula is C15H20N2OS. The average molecular weight is 276 g/mol. The highest BCUT2D eigenvalue weighted by molar-refractivity contribution is 7.09. The molecule has 0 amide bonds. The van der Waals surface area contributed by atoms with Gasteiger partial charge in [0.2, 0.25) is 0 Å². The first-order valence-electron chi connectivity index (χ1n) is 6.61. The van der Waals surface area contributed by atoms with Gasteiger partial charge in [-0.25, -0.2) is 4.98 Å². The Kier molecular flexibility index (Phi) is 4.80. The van der Waals surface area contributed by atoms with E-state index in [-0.39, 0.29) is 0 Å². The summed E-state index contributed by atoms with van der Waals surface area (Å²) in [6.07, 6.45) is 3.01. The SMILES string of the molecule is CCCCOc1ccc(Cc2nc(C)cs2)cc1N. The molecule has 1 aromatic carbocycles. The number of thiazole rings is 1. The Morgan fingerprint density at radius 1 is 1.37 bits per heavy atom. The van der Waals surface area contributed by atoms with E-state index in [0.29, 0.717) is 5.69 Å². The Morgan fingerprint density at radius 2 is 2.21 bits per heavy atom. The van der Waals surface area contributed by atoms with E-state index in [4.69, 9.17) is 10.5 Å². The van der Waals surface area contributed by atoms with Crippen molar-refractivity contribution in [3.05, 3.63) is 39.8 Å². The quantitative estimate of drug-likeness (QED) is 0.645. The van der Waals surface area contributed by atoms with Gasteiger partial charge in [0.1, 0.15) is 5.75 Å². The molecule has 1 heterocycles. The first-order chi connectivity index (χ1) is 9.19. The molecule has 0 bridgehead atoms. The summed E-state index contributed by atoms with van der Waals surface area (Å²) in [4.78, 5) is 4.47. The molecule has 19 heavy (non-hydrogen) atoms. The van der Waals surface area contributed by atoms with Crippen LogP contribution < -0.4 is 10.5 Å². The number of benzene rings is 1. The van der Waals surface area contributed by atoms with Crippen molar-refractivity contribution in [2.24, 2.45) is 0 Å². The summed E-state index contributed by atoms with van der Waals surface area (Å²) in [5.41, 5.74) is 8.98. The van der Waals surface area contributed by atoms with Crippen LogP contribution in [0.15, 0.2) is 23.6 Å². The number of ether oxygens (including phenoxy) is 1. The van der Waals surface area contributed by atoms with E-state index >= 15 is 0 Å². The molecule has 1 aromatic heterocycles. The van der Waals surface area contributed by atoms with Gasteiger partial charge >= 0.3 is 0 Å². The number of anilines is 1. The maximum Gasteiger partial charge on any atom is 0.142 e. The van der Waals surface area contributed by atoms with Gasteiger partial charge in [-0.15, -0.1) is 11.3 Å². The molecule has 102 valence electrons.